The fourth-order valence-corrected chi connectivity index (χ4v) is 4.66. The van der Waals surface area contributed by atoms with Crippen LogP contribution >= 0.6 is 34.7 Å². The minimum absolute atomic E-state index is 0.169. The number of anilines is 1. The molecule has 7 nitrogen and oxygen atoms in total. The molecule has 0 unspecified atom stereocenters. The Hall–Kier alpha value is -2.88. The summed E-state index contributed by atoms with van der Waals surface area (Å²) < 4.78 is 8.09. The molecule has 0 aliphatic carbocycles. The average Bonchev–Trinajstić information content (AvgIpc) is 3.36. The summed E-state index contributed by atoms with van der Waals surface area (Å²) in [6.07, 6.45) is 1.77. The number of methoxy groups -OCH3 is 1. The second kappa shape index (κ2) is 9.51. The maximum absolute atomic E-state index is 12.5. The van der Waals surface area contributed by atoms with Crippen molar-refractivity contribution in [3.8, 4) is 17.1 Å². The predicted molar refractivity (Wildman–Crippen MR) is 126 cm³/mol. The van der Waals surface area contributed by atoms with Gasteiger partial charge >= 0.3 is 0 Å². The Morgan fingerprint density at radius 3 is 2.84 bits per heavy atom. The summed E-state index contributed by atoms with van der Waals surface area (Å²) in [6, 6.07) is 13.0. The van der Waals surface area contributed by atoms with Gasteiger partial charge in [-0.3, -0.25) is 9.36 Å². The molecular weight excluding hydrogens is 454 g/mol. The number of fused-ring (bicyclic) bond motifs is 1. The molecule has 2 heterocycles. The van der Waals surface area contributed by atoms with E-state index >= 15 is 0 Å². The number of rotatable bonds is 8. The number of carbonyl (C=O) groups is 1. The highest BCUT2D eigenvalue weighted by molar-refractivity contribution is 7.99. The third-order valence-electron chi connectivity index (χ3n) is 4.31. The van der Waals surface area contributed by atoms with Crippen molar-refractivity contribution in [1.29, 1.82) is 0 Å². The summed E-state index contributed by atoms with van der Waals surface area (Å²) in [6.45, 7) is 4.33. The van der Waals surface area contributed by atoms with Gasteiger partial charge in [0.25, 0.3) is 0 Å². The van der Waals surface area contributed by atoms with Crippen LogP contribution in [0.2, 0.25) is 5.02 Å². The van der Waals surface area contributed by atoms with Gasteiger partial charge in [-0.15, -0.1) is 16.8 Å². The molecule has 0 spiro atoms. The van der Waals surface area contributed by atoms with Crippen LogP contribution in [0.4, 0.5) is 5.13 Å². The highest BCUT2D eigenvalue weighted by atomic mass is 35.5. The lowest BCUT2D eigenvalue weighted by molar-refractivity contribution is -0.113. The monoisotopic (exact) mass is 471 g/mol. The van der Waals surface area contributed by atoms with Crippen LogP contribution in [0.15, 0.2) is 60.3 Å². The molecule has 0 aliphatic heterocycles. The van der Waals surface area contributed by atoms with Crippen molar-refractivity contribution >= 4 is 56.0 Å². The number of nitrogens with one attached hydrogen (secondary N) is 1. The topological polar surface area (TPSA) is 81.9 Å². The molecule has 31 heavy (non-hydrogen) atoms. The number of carbonyl (C=O) groups excluding carboxylic acids is 1. The Bertz CT molecular complexity index is 1240. The number of hydrogen-bond acceptors (Lipinski definition) is 7. The van der Waals surface area contributed by atoms with Crippen LogP contribution in [0, 0.1) is 0 Å². The van der Waals surface area contributed by atoms with Gasteiger partial charge in [-0.1, -0.05) is 40.8 Å². The van der Waals surface area contributed by atoms with E-state index in [9.17, 15) is 4.79 Å². The Morgan fingerprint density at radius 1 is 1.29 bits per heavy atom. The summed E-state index contributed by atoms with van der Waals surface area (Å²) >= 11 is 8.69. The van der Waals surface area contributed by atoms with Crippen molar-refractivity contribution in [2.45, 2.75) is 11.7 Å². The van der Waals surface area contributed by atoms with Crippen LogP contribution in [0.3, 0.4) is 0 Å². The SMILES string of the molecule is C=CCn1c(SCC(=O)Nc2nc3ccc(OC)cc3s2)nnc1-c1ccc(Cl)cc1. The zero-order valence-corrected chi connectivity index (χ0v) is 18.9. The summed E-state index contributed by atoms with van der Waals surface area (Å²) in [4.78, 5) is 16.9. The van der Waals surface area contributed by atoms with Gasteiger partial charge in [-0.2, -0.15) is 0 Å². The smallest absolute Gasteiger partial charge is 0.236 e. The van der Waals surface area contributed by atoms with E-state index in [-0.39, 0.29) is 11.7 Å². The van der Waals surface area contributed by atoms with Crippen LogP contribution in [0.25, 0.3) is 21.6 Å². The van der Waals surface area contributed by atoms with Crippen LogP contribution in [-0.2, 0) is 11.3 Å². The molecular formula is C21H18ClN5O2S2. The number of halogens is 1. The van der Waals surface area contributed by atoms with Crippen LogP contribution in [0.1, 0.15) is 0 Å². The van der Waals surface area contributed by atoms with Crippen molar-refractivity contribution in [3.63, 3.8) is 0 Å². The summed E-state index contributed by atoms with van der Waals surface area (Å²) in [5.74, 6) is 1.45. The maximum Gasteiger partial charge on any atom is 0.236 e. The second-order valence-electron chi connectivity index (χ2n) is 6.40. The second-order valence-corrected chi connectivity index (χ2v) is 8.81. The first-order chi connectivity index (χ1) is 15.1. The molecule has 1 amide bonds. The van der Waals surface area contributed by atoms with Crippen molar-refractivity contribution < 1.29 is 9.53 Å². The number of hydrogen-bond donors (Lipinski definition) is 1. The molecule has 4 aromatic rings. The zero-order chi connectivity index (χ0) is 21.8. The number of benzene rings is 2. The highest BCUT2D eigenvalue weighted by Gasteiger charge is 2.16. The van der Waals surface area contributed by atoms with Gasteiger partial charge in [-0.05, 0) is 42.5 Å². The molecule has 0 fully saturated rings. The fourth-order valence-electron chi connectivity index (χ4n) is 2.87. The molecule has 2 aromatic carbocycles. The van der Waals surface area contributed by atoms with Gasteiger partial charge in [-0.25, -0.2) is 4.98 Å². The zero-order valence-electron chi connectivity index (χ0n) is 16.5. The summed E-state index contributed by atoms with van der Waals surface area (Å²) in [5, 5.41) is 13.2. The number of allylic oxidation sites excluding steroid dienone is 1. The number of thioether (sulfide) groups is 1. The van der Waals surface area contributed by atoms with Gasteiger partial charge < -0.3 is 10.1 Å². The van der Waals surface area contributed by atoms with E-state index in [2.05, 4.69) is 27.1 Å². The molecule has 2 aromatic heterocycles. The van der Waals surface area contributed by atoms with Gasteiger partial charge in [0.2, 0.25) is 5.91 Å². The van der Waals surface area contributed by atoms with E-state index in [0.29, 0.717) is 27.7 Å². The minimum atomic E-state index is -0.169. The van der Waals surface area contributed by atoms with E-state index in [1.54, 1.807) is 25.3 Å². The number of amides is 1. The number of nitrogens with zero attached hydrogens (tertiary/aromatic N) is 4. The molecule has 158 valence electrons. The molecule has 1 N–H and O–H groups in total. The van der Waals surface area contributed by atoms with E-state index in [1.807, 2.05) is 34.9 Å². The predicted octanol–water partition coefficient (Wildman–Crippen LogP) is 5.13. The van der Waals surface area contributed by atoms with Crippen molar-refractivity contribution in [1.82, 2.24) is 19.7 Å². The number of thiazole rings is 1. The van der Waals surface area contributed by atoms with Crippen LogP contribution in [-0.4, -0.2) is 38.5 Å². The van der Waals surface area contributed by atoms with Crippen molar-refractivity contribution in [2.24, 2.45) is 0 Å². The normalized spacial score (nSPS) is 10.9. The first-order valence-electron chi connectivity index (χ1n) is 9.24. The molecule has 0 saturated heterocycles. The van der Waals surface area contributed by atoms with E-state index in [0.717, 1.165) is 21.5 Å². The molecule has 0 bridgehead atoms. The van der Waals surface area contributed by atoms with E-state index in [4.69, 9.17) is 16.3 Å². The quantitative estimate of drug-likeness (QED) is 0.283. The lowest BCUT2D eigenvalue weighted by Crippen LogP contribution is -2.14. The molecule has 0 radical (unpaired) electrons. The van der Waals surface area contributed by atoms with Gasteiger partial charge in [0.15, 0.2) is 16.1 Å². The average molecular weight is 472 g/mol. The standard InChI is InChI=1S/C21H18ClN5O2S2/c1-3-10-27-19(13-4-6-14(22)7-5-13)25-26-21(27)30-12-18(28)24-20-23-16-9-8-15(29-2)11-17(16)31-20/h3-9,11H,1,10,12H2,2H3,(H,23,24,28). The molecule has 4 rings (SSSR count). The Kier molecular flexibility index (Phi) is 6.55. The summed E-state index contributed by atoms with van der Waals surface area (Å²) in [5.41, 5.74) is 1.70. The fraction of sp³-hybridized carbons (Fsp3) is 0.143. The Morgan fingerprint density at radius 2 is 2.10 bits per heavy atom. The third kappa shape index (κ3) is 4.90. The lowest BCUT2D eigenvalue weighted by atomic mass is 10.2. The number of aromatic nitrogens is 4. The maximum atomic E-state index is 12.5. The molecule has 0 atom stereocenters. The van der Waals surface area contributed by atoms with Gasteiger partial charge in [0, 0.05) is 17.1 Å². The van der Waals surface area contributed by atoms with Crippen molar-refractivity contribution in [3.05, 3.63) is 60.1 Å². The number of ether oxygens (including phenoxy) is 1. The van der Waals surface area contributed by atoms with Gasteiger partial charge in [0.1, 0.15) is 5.75 Å². The molecule has 0 aliphatic rings. The van der Waals surface area contributed by atoms with Crippen LogP contribution < -0.4 is 10.1 Å². The minimum Gasteiger partial charge on any atom is -0.497 e. The Labute approximate surface area is 192 Å². The summed E-state index contributed by atoms with van der Waals surface area (Å²) in [7, 11) is 1.62. The lowest BCUT2D eigenvalue weighted by Gasteiger charge is -2.07. The van der Waals surface area contributed by atoms with E-state index < -0.39 is 0 Å². The van der Waals surface area contributed by atoms with Crippen LogP contribution in [0.5, 0.6) is 5.75 Å². The Balaban J connectivity index is 1.45. The largest absolute Gasteiger partial charge is 0.497 e. The third-order valence-corrected chi connectivity index (χ3v) is 6.46. The first-order valence-corrected chi connectivity index (χ1v) is 11.4. The van der Waals surface area contributed by atoms with Gasteiger partial charge in [0.05, 0.1) is 23.1 Å². The molecule has 10 heteroatoms. The highest BCUT2D eigenvalue weighted by Crippen LogP contribution is 2.30. The van der Waals surface area contributed by atoms with E-state index in [1.165, 1.54) is 23.1 Å². The van der Waals surface area contributed by atoms with Crippen molar-refractivity contribution in [2.75, 3.05) is 18.2 Å². The molecule has 0 saturated carbocycles. The first kappa shape index (κ1) is 21.4.